The van der Waals surface area contributed by atoms with Gasteiger partial charge in [0.15, 0.2) is 11.6 Å². The van der Waals surface area contributed by atoms with Crippen molar-refractivity contribution in [1.82, 2.24) is 40.3 Å². The number of pyridine rings is 1. The summed E-state index contributed by atoms with van der Waals surface area (Å²) in [5.41, 5.74) is 11.2. The van der Waals surface area contributed by atoms with Gasteiger partial charge >= 0.3 is 0 Å². The Morgan fingerprint density at radius 2 is 1.97 bits per heavy atom. The van der Waals surface area contributed by atoms with Crippen LogP contribution in [0.2, 0.25) is 0 Å². The first-order valence-corrected chi connectivity index (χ1v) is 11.5. The number of benzene rings is 1. The largest absolute Gasteiger partial charge is 0.383 e. The van der Waals surface area contributed by atoms with Gasteiger partial charge in [-0.25, -0.2) is 9.37 Å². The van der Waals surface area contributed by atoms with Crippen LogP contribution in [0.15, 0.2) is 30.6 Å². The average Bonchev–Trinajstić information content (AvgIpc) is 3.36. The first kappa shape index (κ1) is 22.1. The number of anilines is 1. The van der Waals surface area contributed by atoms with E-state index in [0.29, 0.717) is 23.0 Å². The van der Waals surface area contributed by atoms with Crippen LogP contribution in [0.3, 0.4) is 0 Å². The highest BCUT2D eigenvalue weighted by Gasteiger charge is 2.21. The molecule has 0 spiro atoms. The van der Waals surface area contributed by atoms with Crippen LogP contribution in [0.4, 0.5) is 10.2 Å². The third kappa shape index (κ3) is 3.94. The second-order valence-corrected chi connectivity index (χ2v) is 8.85. The maximum Gasteiger partial charge on any atom is 0.190 e. The molecule has 1 aliphatic rings. The number of hydrogen-bond acceptors (Lipinski definition) is 7. The number of tetrazole rings is 1. The number of nitrogen functional groups attached to an aromatic ring is 1. The Kier molecular flexibility index (Phi) is 5.82. The van der Waals surface area contributed by atoms with Crippen LogP contribution in [0.25, 0.3) is 28.2 Å². The van der Waals surface area contributed by atoms with E-state index in [1.807, 2.05) is 26.0 Å². The second-order valence-electron chi connectivity index (χ2n) is 8.85. The third-order valence-electron chi connectivity index (χ3n) is 6.64. The van der Waals surface area contributed by atoms with Gasteiger partial charge in [0.25, 0.3) is 0 Å². The lowest BCUT2D eigenvalue weighted by Crippen LogP contribution is -2.15. The molecule has 1 fully saturated rings. The molecule has 3 N–H and O–H groups in total. The molecule has 0 radical (unpaired) electrons. The molecule has 10 heteroatoms. The minimum absolute atomic E-state index is 0.263. The van der Waals surface area contributed by atoms with Crippen molar-refractivity contribution < 1.29 is 4.39 Å². The van der Waals surface area contributed by atoms with Gasteiger partial charge in [-0.05, 0) is 86.8 Å². The van der Waals surface area contributed by atoms with E-state index in [1.54, 1.807) is 19.2 Å². The highest BCUT2D eigenvalue weighted by Crippen LogP contribution is 2.32. The molecule has 5 rings (SSSR count). The number of aromatic nitrogens is 7. The fourth-order valence-corrected chi connectivity index (χ4v) is 4.47. The van der Waals surface area contributed by atoms with Crippen molar-refractivity contribution in [3.05, 3.63) is 53.2 Å². The quantitative estimate of drug-likeness (QED) is 0.478. The first-order chi connectivity index (χ1) is 16.4. The molecule has 1 saturated heterocycles. The predicted molar refractivity (Wildman–Crippen MR) is 128 cm³/mol. The molecule has 3 aromatic heterocycles. The Morgan fingerprint density at radius 3 is 2.82 bits per heavy atom. The van der Waals surface area contributed by atoms with Gasteiger partial charge in [-0.2, -0.15) is 9.78 Å². The number of nitrogens with one attached hydrogen (secondary N) is 1. The molecule has 0 aliphatic carbocycles. The minimum atomic E-state index is -0.369. The van der Waals surface area contributed by atoms with Gasteiger partial charge in [0.2, 0.25) is 0 Å². The van der Waals surface area contributed by atoms with Gasteiger partial charge in [0.05, 0.1) is 17.3 Å². The maximum absolute atomic E-state index is 15.0. The summed E-state index contributed by atoms with van der Waals surface area (Å²) < 4.78 is 18.5. The SMILES string of the molecule is Cc1ccc(-n2nnnc2-c2cc(-c3cn(C4CCCNCC4)nc3C)cnc2N)c(F)c1C. The number of nitrogens with two attached hydrogens (primary N) is 1. The lowest BCUT2D eigenvalue weighted by Gasteiger charge is -2.14. The van der Waals surface area contributed by atoms with Crippen LogP contribution in [0.1, 0.15) is 42.1 Å². The number of rotatable bonds is 4. The van der Waals surface area contributed by atoms with E-state index in [-0.39, 0.29) is 17.3 Å². The van der Waals surface area contributed by atoms with Crippen LogP contribution in [0, 0.1) is 26.6 Å². The zero-order valence-corrected chi connectivity index (χ0v) is 19.6. The molecule has 1 atom stereocenters. The summed E-state index contributed by atoms with van der Waals surface area (Å²) in [4.78, 5) is 4.41. The maximum atomic E-state index is 15.0. The molecule has 0 amide bonds. The Bertz CT molecular complexity index is 1330. The summed E-state index contributed by atoms with van der Waals surface area (Å²) in [5, 5.41) is 20.2. The van der Waals surface area contributed by atoms with Crippen molar-refractivity contribution in [2.24, 2.45) is 0 Å². The molecule has 4 heterocycles. The van der Waals surface area contributed by atoms with E-state index in [4.69, 9.17) is 10.8 Å². The molecular formula is C24H28FN9. The Morgan fingerprint density at radius 1 is 1.12 bits per heavy atom. The smallest absolute Gasteiger partial charge is 0.190 e. The summed E-state index contributed by atoms with van der Waals surface area (Å²) in [6.45, 7) is 7.63. The highest BCUT2D eigenvalue weighted by atomic mass is 19.1. The van der Waals surface area contributed by atoms with Crippen molar-refractivity contribution in [3.63, 3.8) is 0 Å². The van der Waals surface area contributed by atoms with Gasteiger partial charge in [0, 0.05) is 23.5 Å². The summed E-state index contributed by atoms with van der Waals surface area (Å²) >= 11 is 0. The lowest BCUT2D eigenvalue weighted by molar-refractivity contribution is 0.413. The van der Waals surface area contributed by atoms with Crippen LogP contribution in [-0.4, -0.2) is 48.1 Å². The van der Waals surface area contributed by atoms with Crippen molar-refractivity contribution in [3.8, 4) is 28.2 Å². The van der Waals surface area contributed by atoms with Gasteiger partial charge in [-0.15, -0.1) is 5.10 Å². The fourth-order valence-electron chi connectivity index (χ4n) is 4.47. The van der Waals surface area contributed by atoms with E-state index in [0.717, 1.165) is 54.7 Å². The molecule has 1 aliphatic heterocycles. The Hall–Kier alpha value is -3.66. The van der Waals surface area contributed by atoms with Crippen molar-refractivity contribution >= 4 is 5.82 Å². The number of hydrogen-bond donors (Lipinski definition) is 2. The van der Waals surface area contributed by atoms with E-state index < -0.39 is 0 Å². The summed E-state index contributed by atoms with van der Waals surface area (Å²) in [6.07, 6.45) is 7.07. The van der Waals surface area contributed by atoms with E-state index in [1.165, 1.54) is 4.68 Å². The van der Waals surface area contributed by atoms with Crippen molar-refractivity contribution in [1.29, 1.82) is 0 Å². The third-order valence-corrected chi connectivity index (χ3v) is 6.64. The topological polar surface area (TPSA) is 112 Å². The molecule has 1 aromatic carbocycles. The molecule has 0 bridgehead atoms. The first-order valence-electron chi connectivity index (χ1n) is 11.5. The second kappa shape index (κ2) is 8.94. The van der Waals surface area contributed by atoms with Crippen molar-refractivity contribution in [2.75, 3.05) is 18.8 Å². The van der Waals surface area contributed by atoms with Gasteiger partial charge < -0.3 is 11.1 Å². The standard InChI is InChI=1S/C24H28FN9/c1-14-6-7-21(22(25)15(14)2)34-24(29-31-32-34)19-11-17(12-28-23(19)26)20-13-33(30-16(20)3)18-5-4-9-27-10-8-18/h6-7,11-13,18,27H,4-5,8-10H2,1-3H3,(H2,26,28). The van der Waals surface area contributed by atoms with Crippen LogP contribution in [-0.2, 0) is 0 Å². The summed E-state index contributed by atoms with van der Waals surface area (Å²) in [5.74, 6) is 0.226. The molecule has 1 unspecified atom stereocenters. The van der Waals surface area contributed by atoms with Crippen molar-refractivity contribution in [2.45, 2.75) is 46.1 Å². The molecular weight excluding hydrogens is 433 g/mol. The van der Waals surface area contributed by atoms with Gasteiger partial charge in [-0.1, -0.05) is 6.07 Å². The molecule has 4 aromatic rings. The summed E-state index contributed by atoms with van der Waals surface area (Å²) in [7, 11) is 0. The van der Waals surface area contributed by atoms with Crippen LogP contribution >= 0.6 is 0 Å². The lowest BCUT2D eigenvalue weighted by atomic mass is 10.1. The Labute approximate surface area is 197 Å². The normalized spacial score (nSPS) is 16.5. The van der Waals surface area contributed by atoms with E-state index >= 15 is 4.39 Å². The van der Waals surface area contributed by atoms with Crippen LogP contribution in [0.5, 0.6) is 0 Å². The highest BCUT2D eigenvalue weighted by molar-refractivity contribution is 5.77. The minimum Gasteiger partial charge on any atom is -0.383 e. The summed E-state index contributed by atoms with van der Waals surface area (Å²) in [6, 6.07) is 5.77. The number of aryl methyl sites for hydroxylation is 2. The molecule has 9 nitrogen and oxygen atoms in total. The van der Waals surface area contributed by atoms with Gasteiger partial charge in [-0.3, -0.25) is 4.68 Å². The zero-order chi connectivity index (χ0) is 23.8. The predicted octanol–water partition coefficient (Wildman–Crippen LogP) is 3.55. The van der Waals surface area contributed by atoms with E-state index in [2.05, 4.69) is 36.7 Å². The van der Waals surface area contributed by atoms with Crippen LogP contribution < -0.4 is 11.1 Å². The number of nitrogens with zero attached hydrogens (tertiary/aromatic N) is 7. The van der Waals surface area contributed by atoms with Gasteiger partial charge in [0.1, 0.15) is 11.5 Å². The van der Waals surface area contributed by atoms with E-state index in [9.17, 15) is 0 Å². The zero-order valence-electron chi connectivity index (χ0n) is 19.6. The molecule has 34 heavy (non-hydrogen) atoms. The fraction of sp³-hybridized carbons (Fsp3) is 0.375. The Balaban J connectivity index is 1.55. The molecule has 0 saturated carbocycles. The average molecular weight is 462 g/mol. The monoisotopic (exact) mass is 461 g/mol. The molecule has 176 valence electrons. The number of halogens is 1.